The van der Waals surface area contributed by atoms with Crippen LogP contribution in [0.15, 0.2) is 0 Å². The second-order valence-corrected chi connectivity index (χ2v) is 8.98. The Balaban J connectivity index is 1.24. The summed E-state index contributed by atoms with van der Waals surface area (Å²) in [7, 11) is 0. The van der Waals surface area contributed by atoms with E-state index in [0.717, 1.165) is 37.0 Å². The van der Waals surface area contributed by atoms with Gasteiger partial charge in [0, 0.05) is 38.6 Å². The summed E-state index contributed by atoms with van der Waals surface area (Å²) in [5.41, 5.74) is -0.0772. The molecule has 7 heteroatoms. The van der Waals surface area contributed by atoms with Crippen molar-refractivity contribution >= 4 is 17.8 Å². The smallest absolute Gasteiger partial charge is 0.321 e. The minimum atomic E-state index is -0.334. The number of hydrogen-bond donors (Lipinski definition) is 2. The predicted octanol–water partition coefficient (Wildman–Crippen LogP) is 0.945. The molecule has 5 rings (SSSR count). The fourth-order valence-corrected chi connectivity index (χ4v) is 6.13. The minimum absolute atomic E-state index is 0.0732. The van der Waals surface area contributed by atoms with E-state index in [9.17, 15) is 14.4 Å². The second kappa shape index (κ2) is 6.83. The molecule has 4 amide bonds. The largest absolute Gasteiger partial charge is 0.340 e. The van der Waals surface area contributed by atoms with Crippen LogP contribution in [0.25, 0.3) is 0 Å². The number of nitrogens with one attached hydrogen (secondary N) is 2. The number of hydrogen-bond acceptors (Lipinski definition) is 4. The SMILES string of the molecule is CC(=O)N1CCN(CC(=O)NC(=O)NC23CC4CC(CC(C4)C2)C3)CC1. The van der Waals surface area contributed by atoms with Crippen LogP contribution in [-0.2, 0) is 9.59 Å². The number of imide groups is 1. The van der Waals surface area contributed by atoms with Crippen molar-refractivity contribution in [3.05, 3.63) is 0 Å². The summed E-state index contributed by atoms with van der Waals surface area (Å²) < 4.78 is 0. The Kier molecular flexibility index (Phi) is 4.67. The Morgan fingerprint density at radius 3 is 1.96 bits per heavy atom. The summed E-state index contributed by atoms with van der Waals surface area (Å²) in [4.78, 5) is 39.8. The number of rotatable bonds is 3. The molecule has 5 fully saturated rings. The van der Waals surface area contributed by atoms with Gasteiger partial charge in [-0.1, -0.05) is 0 Å². The van der Waals surface area contributed by atoms with Crippen LogP contribution < -0.4 is 10.6 Å². The summed E-state index contributed by atoms with van der Waals surface area (Å²) >= 11 is 0. The standard InChI is InChI=1S/C19H30N4O3/c1-13(24)23-4-2-22(3-5-23)12-17(25)20-18(26)21-19-9-14-6-15(10-19)8-16(7-14)11-19/h14-16H,2-12H2,1H3,(H2,20,21,25,26). The zero-order valence-corrected chi connectivity index (χ0v) is 15.6. The number of nitrogens with zero attached hydrogens (tertiary/aromatic N) is 2. The number of carbonyl (C=O) groups excluding carboxylic acids is 3. The van der Waals surface area contributed by atoms with Gasteiger partial charge in [0.1, 0.15) is 0 Å². The number of piperazine rings is 1. The van der Waals surface area contributed by atoms with E-state index in [4.69, 9.17) is 0 Å². The molecule has 5 aliphatic rings. The van der Waals surface area contributed by atoms with Gasteiger partial charge in [-0.2, -0.15) is 0 Å². The molecule has 26 heavy (non-hydrogen) atoms. The molecular formula is C19H30N4O3. The third kappa shape index (κ3) is 3.72. The Hall–Kier alpha value is -1.63. The highest BCUT2D eigenvalue weighted by Crippen LogP contribution is 2.55. The highest BCUT2D eigenvalue weighted by molar-refractivity contribution is 5.95. The first-order valence-corrected chi connectivity index (χ1v) is 10.0. The van der Waals surface area contributed by atoms with E-state index in [1.807, 2.05) is 4.90 Å². The zero-order valence-electron chi connectivity index (χ0n) is 15.6. The lowest BCUT2D eigenvalue weighted by atomic mass is 9.53. The van der Waals surface area contributed by atoms with Crippen LogP contribution >= 0.6 is 0 Å². The average molecular weight is 362 g/mol. The minimum Gasteiger partial charge on any atom is -0.340 e. The zero-order chi connectivity index (χ0) is 18.3. The van der Waals surface area contributed by atoms with Crippen LogP contribution in [0, 0.1) is 17.8 Å². The maximum atomic E-state index is 12.4. The number of urea groups is 1. The molecule has 4 bridgehead atoms. The molecule has 1 saturated heterocycles. The highest BCUT2D eigenvalue weighted by Gasteiger charge is 2.51. The lowest BCUT2D eigenvalue weighted by Gasteiger charge is -2.56. The molecule has 4 aliphatic carbocycles. The van der Waals surface area contributed by atoms with Gasteiger partial charge in [-0.05, 0) is 56.3 Å². The fourth-order valence-electron chi connectivity index (χ4n) is 6.13. The summed E-state index contributed by atoms with van der Waals surface area (Å²) in [5, 5.41) is 5.70. The molecule has 0 radical (unpaired) electrons. The van der Waals surface area contributed by atoms with E-state index in [1.165, 1.54) is 19.3 Å². The first kappa shape index (κ1) is 17.8. The van der Waals surface area contributed by atoms with Crippen molar-refractivity contribution in [1.29, 1.82) is 0 Å². The van der Waals surface area contributed by atoms with Gasteiger partial charge in [-0.15, -0.1) is 0 Å². The monoisotopic (exact) mass is 362 g/mol. The van der Waals surface area contributed by atoms with Gasteiger partial charge in [0.2, 0.25) is 11.8 Å². The van der Waals surface area contributed by atoms with Crippen LogP contribution in [-0.4, -0.2) is 65.9 Å². The first-order valence-electron chi connectivity index (χ1n) is 10.0. The summed E-state index contributed by atoms with van der Waals surface area (Å²) in [6.07, 6.45) is 7.21. The summed E-state index contributed by atoms with van der Waals surface area (Å²) in [6.45, 7) is 4.40. The average Bonchev–Trinajstić information content (AvgIpc) is 2.53. The van der Waals surface area contributed by atoms with Gasteiger partial charge in [0.25, 0.3) is 0 Å². The Bertz CT molecular complexity index is 562. The van der Waals surface area contributed by atoms with E-state index in [-0.39, 0.29) is 29.9 Å². The van der Waals surface area contributed by atoms with Gasteiger partial charge in [-0.3, -0.25) is 19.8 Å². The molecule has 0 atom stereocenters. The topological polar surface area (TPSA) is 81.8 Å². The molecule has 4 saturated carbocycles. The highest BCUT2D eigenvalue weighted by atomic mass is 16.2. The number of carbonyl (C=O) groups is 3. The summed E-state index contributed by atoms with van der Waals surface area (Å²) in [5.74, 6) is 2.09. The van der Waals surface area contributed by atoms with Crippen LogP contribution in [0.4, 0.5) is 4.79 Å². The van der Waals surface area contributed by atoms with Gasteiger partial charge < -0.3 is 10.2 Å². The van der Waals surface area contributed by atoms with Crippen LogP contribution in [0.1, 0.15) is 45.4 Å². The third-order valence-corrected chi connectivity index (χ3v) is 6.85. The lowest BCUT2D eigenvalue weighted by Crippen LogP contribution is -2.62. The van der Waals surface area contributed by atoms with E-state index in [0.29, 0.717) is 26.2 Å². The van der Waals surface area contributed by atoms with Gasteiger partial charge in [0.05, 0.1) is 6.54 Å². The van der Waals surface area contributed by atoms with E-state index in [1.54, 1.807) is 11.8 Å². The maximum Gasteiger partial charge on any atom is 0.321 e. The molecule has 0 aromatic rings. The van der Waals surface area contributed by atoms with Crippen LogP contribution in [0.3, 0.4) is 0 Å². The normalized spacial score (nSPS) is 36.0. The first-order chi connectivity index (χ1) is 12.4. The van der Waals surface area contributed by atoms with Crippen LogP contribution in [0.5, 0.6) is 0 Å². The molecule has 2 N–H and O–H groups in total. The van der Waals surface area contributed by atoms with E-state index < -0.39 is 0 Å². The lowest BCUT2D eigenvalue weighted by molar-refractivity contribution is -0.130. The van der Waals surface area contributed by atoms with Crippen molar-refractivity contribution in [1.82, 2.24) is 20.4 Å². The molecule has 1 heterocycles. The van der Waals surface area contributed by atoms with E-state index in [2.05, 4.69) is 10.6 Å². The second-order valence-electron chi connectivity index (χ2n) is 8.98. The van der Waals surface area contributed by atoms with Crippen molar-refractivity contribution in [2.45, 2.75) is 51.0 Å². The van der Waals surface area contributed by atoms with Crippen molar-refractivity contribution < 1.29 is 14.4 Å². The van der Waals surface area contributed by atoms with Gasteiger partial charge in [-0.25, -0.2) is 4.79 Å². The molecule has 0 aromatic heterocycles. The summed E-state index contributed by atoms with van der Waals surface area (Å²) in [6, 6.07) is -0.334. The van der Waals surface area contributed by atoms with Crippen LogP contribution in [0.2, 0.25) is 0 Å². The number of amides is 4. The molecule has 7 nitrogen and oxygen atoms in total. The molecule has 144 valence electrons. The quantitative estimate of drug-likeness (QED) is 0.783. The maximum absolute atomic E-state index is 12.4. The van der Waals surface area contributed by atoms with Crippen molar-refractivity contribution in [3.8, 4) is 0 Å². The van der Waals surface area contributed by atoms with Crippen molar-refractivity contribution in [3.63, 3.8) is 0 Å². The van der Waals surface area contributed by atoms with Crippen molar-refractivity contribution in [2.75, 3.05) is 32.7 Å². The molecule has 0 spiro atoms. The molecule has 0 aromatic carbocycles. The third-order valence-electron chi connectivity index (χ3n) is 6.85. The van der Waals surface area contributed by atoms with Crippen molar-refractivity contribution in [2.24, 2.45) is 17.8 Å². The van der Waals surface area contributed by atoms with Gasteiger partial charge >= 0.3 is 6.03 Å². The molecule has 0 unspecified atom stereocenters. The predicted molar refractivity (Wildman–Crippen MR) is 96.3 cm³/mol. The Morgan fingerprint density at radius 1 is 0.923 bits per heavy atom. The van der Waals surface area contributed by atoms with Gasteiger partial charge in [0.15, 0.2) is 0 Å². The van der Waals surface area contributed by atoms with E-state index >= 15 is 0 Å². The Morgan fingerprint density at radius 2 is 1.46 bits per heavy atom. The fraction of sp³-hybridized carbons (Fsp3) is 0.842. The molecular weight excluding hydrogens is 332 g/mol. The molecule has 1 aliphatic heterocycles. The Labute approximate surface area is 154 Å².